The molecule has 0 saturated heterocycles. The first-order valence-electron chi connectivity index (χ1n) is 3.75. The zero-order valence-electron chi connectivity index (χ0n) is 6.63. The van der Waals surface area contributed by atoms with Crippen molar-refractivity contribution in [3.63, 3.8) is 0 Å². The Morgan fingerprint density at radius 1 is 1.17 bits per heavy atom. The molecule has 0 aliphatic rings. The van der Waals surface area contributed by atoms with Gasteiger partial charge in [-0.2, -0.15) is 0 Å². The van der Waals surface area contributed by atoms with Crippen LogP contribution in [0.1, 0.15) is 5.56 Å². The topological polar surface area (TPSA) is 0 Å². The Bertz CT molecular complexity index is 252. The Kier molecular flexibility index (Phi) is 4.20. The summed E-state index contributed by atoms with van der Waals surface area (Å²) in [6.07, 6.45) is 1.93. The molecule has 12 heavy (non-hydrogen) atoms. The highest BCUT2D eigenvalue weighted by Gasteiger charge is 1.96. The van der Waals surface area contributed by atoms with Gasteiger partial charge in [-0.05, 0) is 11.1 Å². The van der Waals surface area contributed by atoms with Crippen LogP contribution in [0.5, 0.6) is 0 Å². The lowest BCUT2D eigenvalue weighted by Crippen LogP contribution is -1.85. The number of alkyl halides is 2. The van der Waals surface area contributed by atoms with E-state index in [2.05, 4.69) is 0 Å². The van der Waals surface area contributed by atoms with Gasteiger partial charge in [0.1, 0.15) is 0 Å². The summed E-state index contributed by atoms with van der Waals surface area (Å²) >= 11 is 11.3. The fourth-order valence-corrected chi connectivity index (χ4v) is 1.44. The third-order valence-electron chi connectivity index (χ3n) is 1.61. The Hall–Kier alpha value is -0.460. The van der Waals surface area contributed by atoms with Gasteiger partial charge in [0.15, 0.2) is 0 Å². The van der Waals surface area contributed by atoms with Crippen molar-refractivity contribution in [2.24, 2.45) is 0 Å². The predicted molar refractivity (Wildman–Crippen MR) is 55.9 cm³/mol. The van der Waals surface area contributed by atoms with Crippen LogP contribution >= 0.6 is 23.2 Å². The Morgan fingerprint density at radius 3 is 2.33 bits per heavy atom. The van der Waals surface area contributed by atoms with Crippen LogP contribution in [0, 0.1) is 0 Å². The second kappa shape index (κ2) is 5.23. The highest BCUT2D eigenvalue weighted by molar-refractivity contribution is 6.24. The zero-order chi connectivity index (χ0) is 8.81. The van der Waals surface area contributed by atoms with E-state index < -0.39 is 0 Å². The number of allylic oxidation sites excluding steroid dienone is 2. The van der Waals surface area contributed by atoms with Gasteiger partial charge in [0.2, 0.25) is 0 Å². The number of rotatable bonds is 3. The molecule has 0 saturated carbocycles. The normalized spacial score (nSPS) is 11.7. The van der Waals surface area contributed by atoms with Gasteiger partial charge < -0.3 is 0 Å². The Labute approximate surface area is 82.8 Å². The summed E-state index contributed by atoms with van der Waals surface area (Å²) in [4.78, 5) is 0. The van der Waals surface area contributed by atoms with E-state index in [0.717, 1.165) is 11.1 Å². The van der Waals surface area contributed by atoms with Crippen LogP contribution in [0.3, 0.4) is 0 Å². The number of halogens is 2. The van der Waals surface area contributed by atoms with Crippen molar-refractivity contribution >= 4 is 28.8 Å². The molecule has 0 spiro atoms. The first-order valence-corrected chi connectivity index (χ1v) is 4.81. The van der Waals surface area contributed by atoms with Crippen molar-refractivity contribution in [1.82, 2.24) is 0 Å². The molecule has 0 atom stereocenters. The minimum Gasteiger partial charge on any atom is -0.122 e. The van der Waals surface area contributed by atoms with Crippen LogP contribution < -0.4 is 0 Å². The maximum Gasteiger partial charge on any atom is 0.0477 e. The van der Waals surface area contributed by atoms with Crippen molar-refractivity contribution in [3.05, 3.63) is 42.0 Å². The molecular weight excluding hydrogens is 191 g/mol. The molecule has 0 unspecified atom stereocenters. The van der Waals surface area contributed by atoms with Gasteiger partial charge in [0.05, 0.1) is 0 Å². The number of hydrogen-bond acceptors (Lipinski definition) is 0. The second-order valence-corrected chi connectivity index (χ2v) is 2.96. The van der Waals surface area contributed by atoms with E-state index in [1.54, 1.807) is 0 Å². The maximum atomic E-state index is 5.75. The highest BCUT2D eigenvalue weighted by atomic mass is 35.5. The predicted octanol–water partition coefficient (Wildman–Crippen LogP) is 3.55. The summed E-state index contributed by atoms with van der Waals surface area (Å²) < 4.78 is 0. The molecule has 0 aliphatic heterocycles. The standard InChI is InChI=1S/C10H10Cl2/c11-7-6-10(8-12)9-4-2-1-3-5-9/h1-6H,7-8H2. The Balaban J connectivity index is 2.88. The summed E-state index contributed by atoms with van der Waals surface area (Å²) in [5.41, 5.74) is 2.24. The minimum atomic E-state index is 0.511. The first kappa shape index (κ1) is 9.63. The molecule has 0 fully saturated rings. The van der Waals surface area contributed by atoms with E-state index in [0.29, 0.717) is 11.8 Å². The summed E-state index contributed by atoms with van der Waals surface area (Å²) in [5.74, 6) is 1.02. The van der Waals surface area contributed by atoms with E-state index in [4.69, 9.17) is 23.2 Å². The van der Waals surface area contributed by atoms with Crippen molar-refractivity contribution in [3.8, 4) is 0 Å². The van der Waals surface area contributed by atoms with Crippen molar-refractivity contribution in [2.45, 2.75) is 0 Å². The van der Waals surface area contributed by atoms with Crippen molar-refractivity contribution < 1.29 is 0 Å². The van der Waals surface area contributed by atoms with Gasteiger partial charge >= 0.3 is 0 Å². The lowest BCUT2D eigenvalue weighted by molar-refractivity contribution is 1.55. The van der Waals surface area contributed by atoms with Gasteiger partial charge in [-0.3, -0.25) is 0 Å². The fraction of sp³-hybridized carbons (Fsp3) is 0.200. The zero-order valence-corrected chi connectivity index (χ0v) is 8.15. The monoisotopic (exact) mass is 200 g/mol. The van der Waals surface area contributed by atoms with Crippen LogP contribution in [0.2, 0.25) is 0 Å². The Morgan fingerprint density at radius 2 is 1.83 bits per heavy atom. The van der Waals surface area contributed by atoms with Crippen LogP contribution in [-0.2, 0) is 0 Å². The molecule has 0 radical (unpaired) electrons. The molecule has 0 amide bonds. The molecule has 1 aromatic carbocycles. The first-order chi connectivity index (χ1) is 5.88. The second-order valence-electron chi connectivity index (χ2n) is 2.38. The van der Waals surface area contributed by atoms with Gasteiger partial charge in [0.25, 0.3) is 0 Å². The molecule has 2 heteroatoms. The SMILES string of the molecule is ClCC=C(CCl)c1ccccc1. The van der Waals surface area contributed by atoms with Crippen LogP contribution in [0.25, 0.3) is 5.57 Å². The van der Waals surface area contributed by atoms with E-state index >= 15 is 0 Å². The molecular formula is C10H10Cl2. The number of hydrogen-bond donors (Lipinski definition) is 0. The third-order valence-corrected chi connectivity index (χ3v) is 2.05. The van der Waals surface area contributed by atoms with E-state index in [9.17, 15) is 0 Å². The van der Waals surface area contributed by atoms with E-state index in [1.165, 1.54) is 0 Å². The number of benzene rings is 1. The average molecular weight is 201 g/mol. The third kappa shape index (κ3) is 2.54. The molecule has 1 rings (SSSR count). The summed E-state index contributed by atoms with van der Waals surface area (Å²) in [7, 11) is 0. The van der Waals surface area contributed by atoms with Gasteiger partial charge in [-0.25, -0.2) is 0 Å². The molecule has 0 nitrogen and oxygen atoms in total. The van der Waals surface area contributed by atoms with E-state index in [-0.39, 0.29) is 0 Å². The highest BCUT2D eigenvalue weighted by Crippen LogP contribution is 2.15. The van der Waals surface area contributed by atoms with Crippen molar-refractivity contribution in [2.75, 3.05) is 11.8 Å². The average Bonchev–Trinajstić information content (AvgIpc) is 2.15. The quantitative estimate of drug-likeness (QED) is 0.656. The maximum absolute atomic E-state index is 5.75. The molecule has 0 aliphatic carbocycles. The van der Waals surface area contributed by atoms with Gasteiger partial charge in [0, 0.05) is 11.8 Å². The molecule has 64 valence electrons. The van der Waals surface area contributed by atoms with Crippen LogP contribution in [0.15, 0.2) is 36.4 Å². The van der Waals surface area contributed by atoms with Gasteiger partial charge in [-0.15, -0.1) is 23.2 Å². The lowest BCUT2D eigenvalue weighted by Gasteiger charge is -2.01. The molecule has 0 aromatic heterocycles. The fourth-order valence-electron chi connectivity index (χ4n) is 0.995. The molecule has 0 bridgehead atoms. The van der Waals surface area contributed by atoms with Crippen molar-refractivity contribution in [1.29, 1.82) is 0 Å². The van der Waals surface area contributed by atoms with E-state index in [1.807, 2.05) is 36.4 Å². The van der Waals surface area contributed by atoms with Gasteiger partial charge in [-0.1, -0.05) is 36.4 Å². The largest absolute Gasteiger partial charge is 0.122 e. The summed E-state index contributed by atoms with van der Waals surface area (Å²) in [6.45, 7) is 0. The summed E-state index contributed by atoms with van der Waals surface area (Å²) in [6, 6.07) is 10.0. The van der Waals surface area contributed by atoms with Crippen LogP contribution in [0.4, 0.5) is 0 Å². The molecule has 0 heterocycles. The smallest absolute Gasteiger partial charge is 0.0477 e. The van der Waals surface area contributed by atoms with Crippen LogP contribution in [-0.4, -0.2) is 11.8 Å². The lowest BCUT2D eigenvalue weighted by atomic mass is 10.1. The molecule has 0 N–H and O–H groups in total. The molecule has 1 aromatic rings. The summed E-state index contributed by atoms with van der Waals surface area (Å²) in [5, 5.41) is 0. The minimum absolute atomic E-state index is 0.511.